The Bertz CT molecular complexity index is 308. The number of halogens is 1. The van der Waals surface area contributed by atoms with Crippen molar-refractivity contribution in [2.24, 2.45) is 0 Å². The van der Waals surface area contributed by atoms with E-state index in [2.05, 4.69) is 0 Å². The van der Waals surface area contributed by atoms with Gasteiger partial charge in [0.05, 0.1) is 19.8 Å². The topological polar surface area (TPSA) is 21.8 Å². The minimum absolute atomic E-state index is 0.304. The second-order valence-electron chi connectivity index (χ2n) is 3.13. The van der Waals surface area contributed by atoms with Crippen LogP contribution in [0.3, 0.4) is 0 Å². The number of hydrogen-bond acceptors (Lipinski definition) is 2. The van der Waals surface area contributed by atoms with Crippen molar-refractivity contribution in [1.82, 2.24) is 0 Å². The lowest BCUT2D eigenvalue weighted by molar-refractivity contribution is 0.384. The average molecular weight is 182 g/mol. The summed E-state index contributed by atoms with van der Waals surface area (Å²) >= 11 is 0. The number of rotatable bonds is 3. The van der Waals surface area contributed by atoms with E-state index in [-0.39, 0.29) is 5.82 Å². The van der Waals surface area contributed by atoms with Gasteiger partial charge in [0.15, 0.2) is 11.6 Å². The van der Waals surface area contributed by atoms with E-state index in [1.165, 1.54) is 13.2 Å². The molecule has 70 valence electrons. The number of hydrogen-bond donors (Lipinski definition) is 0. The molecule has 0 bridgehead atoms. The van der Waals surface area contributed by atoms with Gasteiger partial charge in [-0.3, -0.25) is 0 Å². The third-order valence-corrected chi connectivity index (χ3v) is 2.08. The van der Waals surface area contributed by atoms with Crippen LogP contribution in [0, 0.1) is 5.82 Å². The van der Waals surface area contributed by atoms with Crippen molar-refractivity contribution < 1.29 is 13.9 Å². The average Bonchev–Trinajstić information content (AvgIpc) is 2.92. The van der Waals surface area contributed by atoms with E-state index >= 15 is 0 Å². The van der Waals surface area contributed by atoms with Crippen molar-refractivity contribution in [1.29, 1.82) is 0 Å². The molecule has 13 heavy (non-hydrogen) atoms. The van der Waals surface area contributed by atoms with Crippen LogP contribution in [0.15, 0.2) is 18.2 Å². The predicted molar refractivity (Wildman–Crippen MR) is 46.4 cm³/mol. The van der Waals surface area contributed by atoms with E-state index < -0.39 is 0 Å². The molecule has 2 rings (SSSR count). The monoisotopic (exact) mass is 182 g/mol. The van der Waals surface area contributed by atoms with Gasteiger partial charge < -0.3 is 9.47 Å². The predicted octanol–water partition coefficient (Wildman–Crippen LogP) is 1.78. The lowest BCUT2D eigenvalue weighted by Gasteiger charge is -2.03. The lowest BCUT2D eigenvalue weighted by Crippen LogP contribution is -1.95. The number of methoxy groups -OCH3 is 1. The summed E-state index contributed by atoms with van der Waals surface area (Å²) in [5, 5.41) is 0. The van der Waals surface area contributed by atoms with E-state index in [9.17, 15) is 4.39 Å². The first-order valence-corrected chi connectivity index (χ1v) is 4.23. The fourth-order valence-electron chi connectivity index (χ4n) is 1.28. The summed E-state index contributed by atoms with van der Waals surface area (Å²) in [7, 11) is 1.47. The fourth-order valence-corrected chi connectivity index (χ4v) is 1.28. The molecule has 1 fully saturated rings. The Kier molecular flexibility index (Phi) is 2.19. The van der Waals surface area contributed by atoms with Gasteiger partial charge in [0.25, 0.3) is 0 Å². The maximum Gasteiger partial charge on any atom is 0.165 e. The van der Waals surface area contributed by atoms with Crippen LogP contribution in [-0.4, -0.2) is 19.8 Å². The second-order valence-corrected chi connectivity index (χ2v) is 3.13. The molecule has 1 aromatic carbocycles. The Hall–Kier alpha value is -1.09. The fraction of sp³-hybridized carbons (Fsp3) is 0.400. The molecule has 0 saturated carbocycles. The summed E-state index contributed by atoms with van der Waals surface area (Å²) in [6.07, 6.45) is 1.17. The summed E-state index contributed by atoms with van der Waals surface area (Å²) < 4.78 is 22.9. The zero-order valence-corrected chi connectivity index (χ0v) is 7.42. The van der Waals surface area contributed by atoms with Gasteiger partial charge in [0.1, 0.15) is 0 Å². The van der Waals surface area contributed by atoms with Gasteiger partial charge in [-0.05, 0) is 17.7 Å². The largest absolute Gasteiger partial charge is 0.494 e. The summed E-state index contributed by atoms with van der Waals surface area (Å²) in [6, 6.07) is 4.91. The first kappa shape index (κ1) is 8.51. The van der Waals surface area contributed by atoms with E-state index in [1.807, 2.05) is 0 Å². The molecule has 0 aromatic heterocycles. The van der Waals surface area contributed by atoms with Crippen LogP contribution in [0.1, 0.15) is 5.56 Å². The maximum atomic E-state index is 13.0. The van der Waals surface area contributed by atoms with E-state index in [1.54, 1.807) is 12.1 Å². The van der Waals surface area contributed by atoms with E-state index in [0.29, 0.717) is 11.9 Å². The quantitative estimate of drug-likeness (QED) is 0.664. The highest BCUT2D eigenvalue weighted by Gasteiger charge is 2.22. The van der Waals surface area contributed by atoms with Crippen LogP contribution in [0.2, 0.25) is 0 Å². The van der Waals surface area contributed by atoms with Gasteiger partial charge in [-0.1, -0.05) is 6.07 Å². The third kappa shape index (κ3) is 1.98. The standard InChI is InChI=1S/C10H11FO2/c1-12-10-5-7(2-3-9(10)11)4-8-6-13-8/h2-3,5,8H,4,6H2,1H3. The lowest BCUT2D eigenvalue weighted by atomic mass is 10.1. The third-order valence-electron chi connectivity index (χ3n) is 2.08. The Morgan fingerprint density at radius 1 is 1.62 bits per heavy atom. The van der Waals surface area contributed by atoms with Crippen molar-refractivity contribution >= 4 is 0 Å². The zero-order valence-electron chi connectivity index (χ0n) is 7.42. The van der Waals surface area contributed by atoms with Crippen LogP contribution < -0.4 is 4.74 Å². The van der Waals surface area contributed by atoms with Crippen LogP contribution in [0.25, 0.3) is 0 Å². The Labute approximate surface area is 76.3 Å². The highest BCUT2D eigenvalue weighted by Crippen LogP contribution is 2.22. The summed E-state index contributed by atoms with van der Waals surface area (Å²) in [5.74, 6) is -0.0129. The molecule has 1 heterocycles. The molecule has 1 saturated heterocycles. The van der Waals surface area contributed by atoms with Gasteiger partial charge in [0.2, 0.25) is 0 Å². The molecule has 0 aliphatic carbocycles. The summed E-state index contributed by atoms with van der Waals surface area (Å²) in [4.78, 5) is 0. The van der Waals surface area contributed by atoms with Gasteiger partial charge in [-0.2, -0.15) is 0 Å². The smallest absolute Gasteiger partial charge is 0.165 e. The minimum Gasteiger partial charge on any atom is -0.494 e. The Morgan fingerprint density at radius 2 is 2.38 bits per heavy atom. The minimum atomic E-state index is -0.317. The van der Waals surface area contributed by atoms with Crippen LogP contribution in [0.4, 0.5) is 4.39 Å². The molecule has 1 atom stereocenters. The molecule has 3 heteroatoms. The number of ether oxygens (including phenoxy) is 2. The Balaban J connectivity index is 2.16. The normalized spacial score (nSPS) is 20.0. The summed E-state index contributed by atoms with van der Waals surface area (Å²) in [6.45, 7) is 0.819. The van der Waals surface area contributed by atoms with Crippen LogP contribution >= 0.6 is 0 Å². The first-order chi connectivity index (χ1) is 6.29. The number of epoxide rings is 1. The van der Waals surface area contributed by atoms with Gasteiger partial charge in [0, 0.05) is 6.42 Å². The highest BCUT2D eigenvalue weighted by atomic mass is 19.1. The second kappa shape index (κ2) is 3.34. The zero-order chi connectivity index (χ0) is 9.26. The molecular formula is C10H11FO2. The first-order valence-electron chi connectivity index (χ1n) is 4.23. The number of benzene rings is 1. The molecule has 1 aliphatic rings. The van der Waals surface area contributed by atoms with Gasteiger partial charge >= 0.3 is 0 Å². The van der Waals surface area contributed by atoms with Crippen LogP contribution in [-0.2, 0) is 11.2 Å². The molecular weight excluding hydrogens is 171 g/mol. The SMILES string of the molecule is COc1cc(CC2CO2)ccc1F. The van der Waals surface area contributed by atoms with Crippen LogP contribution in [0.5, 0.6) is 5.75 Å². The molecule has 0 N–H and O–H groups in total. The molecule has 0 amide bonds. The molecule has 1 unspecified atom stereocenters. The molecule has 1 aliphatic heterocycles. The van der Waals surface area contributed by atoms with E-state index in [4.69, 9.17) is 9.47 Å². The van der Waals surface area contributed by atoms with Gasteiger partial charge in [-0.25, -0.2) is 4.39 Å². The van der Waals surface area contributed by atoms with E-state index in [0.717, 1.165) is 18.6 Å². The molecule has 0 spiro atoms. The van der Waals surface area contributed by atoms with Crippen molar-refractivity contribution in [3.63, 3.8) is 0 Å². The highest BCUT2D eigenvalue weighted by molar-refractivity contribution is 5.30. The van der Waals surface area contributed by atoms with Crippen molar-refractivity contribution in [3.05, 3.63) is 29.6 Å². The van der Waals surface area contributed by atoms with Gasteiger partial charge in [-0.15, -0.1) is 0 Å². The Morgan fingerprint density at radius 3 is 3.00 bits per heavy atom. The molecule has 1 aromatic rings. The summed E-state index contributed by atoms with van der Waals surface area (Å²) in [5.41, 5.74) is 1.06. The molecule has 2 nitrogen and oxygen atoms in total. The maximum absolute atomic E-state index is 13.0. The van der Waals surface area contributed by atoms with Crippen molar-refractivity contribution in [2.75, 3.05) is 13.7 Å². The van der Waals surface area contributed by atoms with Crippen molar-refractivity contribution in [3.8, 4) is 5.75 Å². The molecule has 0 radical (unpaired) electrons. The van der Waals surface area contributed by atoms with Crippen molar-refractivity contribution in [2.45, 2.75) is 12.5 Å².